The minimum atomic E-state index is -0.866. The highest BCUT2D eigenvalue weighted by molar-refractivity contribution is 6.30. The third-order valence-corrected chi connectivity index (χ3v) is 3.18. The summed E-state index contributed by atoms with van der Waals surface area (Å²) in [5.41, 5.74) is 1.08. The monoisotopic (exact) mass is 300 g/mol. The van der Waals surface area contributed by atoms with Crippen molar-refractivity contribution in [3.8, 4) is 0 Å². The van der Waals surface area contributed by atoms with E-state index < -0.39 is 18.2 Å². The zero-order valence-electron chi connectivity index (χ0n) is 11.6. The van der Waals surface area contributed by atoms with Crippen LogP contribution in [0.2, 0.25) is 5.02 Å². The average molecular weight is 301 g/mol. The Morgan fingerprint density at radius 1 is 1.25 bits per heavy atom. The molecule has 0 bridgehead atoms. The largest absolute Gasteiger partial charge is 0.466 e. The first-order chi connectivity index (χ1) is 9.51. The number of hydrogen-bond donors (Lipinski definition) is 2. The van der Waals surface area contributed by atoms with Crippen molar-refractivity contribution in [1.82, 2.24) is 0 Å². The molecule has 1 aromatic carbocycles. The molecule has 2 N–H and O–H groups in total. The first-order valence-electron chi connectivity index (χ1n) is 6.77. The summed E-state index contributed by atoms with van der Waals surface area (Å²) < 4.78 is 4.74. The lowest BCUT2D eigenvalue weighted by Crippen LogP contribution is -2.22. The van der Waals surface area contributed by atoms with E-state index in [1.807, 2.05) is 12.1 Å². The van der Waals surface area contributed by atoms with Crippen molar-refractivity contribution in [2.24, 2.45) is 0 Å². The van der Waals surface area contributed by atoms with Gasteiger partial charge in [0.15, 0.2) is 0 Å². The highest BCUT2D eigenvalue weighted by atomic mass is 35.5. The predicted octanol–water partition coefficient (Wildman–Crippen LogP) is 2.34. The van der Waals surface area contributed by atoms with Crippen molar-refractivity contribution in [1.29, 1.82) is 0 Å². The number of ether oxygens (including phenoxy) is 1. The maximum atomic E-state index is 11.2. The fraction of sp³-hybridized carbons (Fsp3) is 0.533. The number of aliphatic hydroxyl groups excluding tert-OH is 2. The molecule has 0 aromatic heterocycles. The van der Waals surface area contributed by atoms with Gasteiger partial charge < -0.3 is 14.9 Å². The maximum absolute atomic E-state index is 11.2. The van der Waals surface area contributed by atoms with E-state index in [0.717, 1.165) is 5.56 Å². The molecule has 4 nitrogen and oxygen atoms in total. The average Bonchev–Trinajstić information content (AvgIpc) is 2.38. The number of esters is 1. The number of carbonyl (C=O) groups is 1. The summed E-state index contributed by atoms with van der Waals surface area (Å²) in [5, 5.41) is 20.2. The number of halogens is 1. The van der Waals surface area contributed by atoms with Crippen LogP contribution in [0.25, 0.3) is 0 Å². The molecule has 5 heteroatoms. The van der Waals surface area contributed by atoms with Crippen LogP contribution in [0.1, 0.15) is 31.7 Å². The number of benzene rings is 1. The Hall–Kier alpha value is -1.10. The van der Waals surface area contributed by atoms with Crippen molar-refractivity contribution in [3.63, 3.8) is 0 Å². The van der Waals surface area contributed by atoms with Gasteiger partial charge in [0.25, 0.3) is 0 Å². The van der Waals surface area contributed by atoms with Gasteiger partial charge in [-0.15, -0.1) is 0 Å². The molecule has 0 aliphatic rings. The molecule has 1 rings (SSSR count). The van der Waals surface area contributed by atoms with Gasteiger partial charge in [-0.2, -0.15) is 0 Å². The molecule has 0 heterocycles. The van der Waals surface area contributed by atoms with Gasteiger partial charge in [0.05, 0.1) is 25.2 Å². The second-order valence-corrected chi connectivity index (χ2v) is 5.15. The summed E-state index contributed by atoms with van der Waals surface area (Å²) in [6.07, 6.45) is -0.186. The fourth-order valence-corrected chi connectivity index (χ4v) is 2.04. The van der Waals surface area contributed by atoms with Gasteiger partial charge in [-0.05, 0) is 43.9 Å². The Morgan fingerprint density at radius 3 is 2.50 bits per heavy atom. The zero-order chi connectivity index (χ0) is 15.0. The lowest BCUT2D eigenvalue weighted by molar-refractivity contribution is -0.145. The van der Waals surface area contributed by atoms with Crippen molar-refractivity contribution >= 4 is 17.6 Å². The van der Waals surface area contributed by atoms with Gasteiger partial charge >= 0.3 is 5.97 Å². The number of aryl methyl sites for hydroxylation is 1. The van der Waals surface area contributed by atoms with Crippen molar-refractivity contribution in [2.45, 2.75) is 44.8 Å². The van der Waals surface area contributed by atoms with Gasteiger partial charge in [-0.1, -0.05) is 23.7 Å². The molecule has 0 aliphatic heterocycles. The van der Waals surface area contributed by atoms with Gasteiger partial charge in [-0.25, -0.2) is 0 Å². The molecular formula is C15H21ClO4. The maximum Gasteiger partial charge on any atom is 0.308 e. The quantitative estimate of drug-likeness (QED) is 0.723. The van der Waals surface area contributed by atoms with Gasteiger partial charge in [-0.3, -0.25) is 4.79 Å². The lowest BCUT2D eigenvalue weighted by Gasteiger charge is -2.15. The highest BCUT2D eigenvalue weighted by Crippen LogP contribution is 2.14. The van der Waals surface area contributed by atoms with E-state index in [9.17, 15) is 15.0 Å². The topological polar surface area (TPSA) is 66.8 Å². The highest BCUT2D eigenvalue weighted by Gasteiger charge is 2.16. The van der Waals surface area contributed by atoms with E-state index in [-0.39, 0.29) is 12.8 Å². The van der Waals surface area contributed by atoms with Crippen LogP contribution in [-0.4, -0.2) is 35.0 Å². The molecule has 0 saturated carbocycles. The lowest BCUT2D eigenvalue weighted by atomic mass is 10.0. The minimum Gasteiger partial charge on any atom is -0.466 e. The van der Waals surface area contributed by atoms with Gasteiger partial charge in [0.1, 0.15) is 0 Å². The van der Waals surface area contributed by atoms with E-state index in [1.54, 1.807) is 19.1 Å². The normalized spacial score (nSPS) is 13.8. The molecule has 0 spiro atoms. The van der Waals surface area contributed by atoms with Gasteiger partial charge in [0, 0.05) is 5.02 Å². The molecule has 2 atom stereocenters. The Balaban J connectivity index is 2.27. The number of aliphatic hydroxyl groups is 2. The molecular weight excluding hydrogens is 280 g/mol. The van der Waals surface area contributed by atoms with Crippen molar-refractivity contribution in [2.75, 3.05) is 6.61 Å². The summed E-state index contributed by atoms with van der Waals surface area (Å²) in [5.74, 6) is -0.440. The van der Waals surface area contributed by atoms with E-state index in [2.05, 4.69) is 0 Å². The van der Waals surface area contributed by atoms with E-state index in [0.29, 0.717) is 24.5 Å². The van der Waals surface area contributed by atoms with Crippen LogP contribution in [0, 0.1) is 0 Å². The van der Waals surface area contributed by atoms with Crippen molar-refractivity contribution in [3.05, 3.63) is 34.9 Å². The second-order valence-electron chi connectivity index (χ2n) is 4.72. The van der Waals surface area contributed by atoms with Crippen LogP contribution in [0.4, 0.5) is 0 Å². The van der Waals surface area contributed by atoms with Crippen LogP contribution in [0.15, 0.2) is 24.3 Å². The summed E-state index contributed by atoms with van der Waals surface area (Å²) >= 11 is 5.79. The second kappa shape index (κ2) is 8.95. The molecule has 1 aromatic rings. The summed E-state index contributed by atoms with van der Waals surface area (Å²) in [6.45, 7) is 2.01. The first-order valence-corrected chi connectivity index (χ1v) is 7.15. The fourth-order valence-electron chi connectivity index (χ4n) is 1.91. The number of hydrogen-bond acceptors (Lipinski definition) is 4. The van der Waals surface area contributed by atoms with E-state index >= 15 is 0 Å². The van der Waals surface area contributed by atoms with Gasteiger partial charge in [0.2, 0.25) is 0 Å². The third kappa shape index (κ3) is 6.89. The Morgan fingerprint density at radius 2 is 1.90 bits per heavy atom. The number of rotatable bonds is 8. The zero-order valence-corrected chi connectivity index (χ0v) is 12.3. The van der Waals surface area contributed by atoms with Crippen molar-refractivity contribution < 1.29 is 19.7 Å². The SMILES string of the molecule is CCOC(=O)CC(O)CC(O)CCc1ccc(Cl)cc1. The molecule has 0 aliphatic carbocycles. The van der Waals surface area contributed by atoms with E-state index in [4.69, 9.17) is 16.3 Å². The predicted molar refractivity (Wildman–Crippen MR) is 77.7 cm³/mol. The number of carbonyl (C=O) groups excluding carboxylic acids is 1. The van der Waals surface area contributed by atoms with Crippen LogP contribution >= 0.6 is 11.6 Å². The Labute approximate surface area is 124 Å². The minimum absolute atomic E-state index is 0.0775. The standard InChI is InChI=1S/C15H21ClO4/c1-2-20-15(19)10-14(18)9-13(17)8-5-11-3-6-12(16)7-4-11/h3-4,6-7,13-14,17-18H,2,5,8-10H2,1H3. The summed E-state index contributed by atoms with van der Waals surface area (Å²) in [4.78, 5) is 11.2. The van der Waals surface area contributed by atoms with Crippen LogP contribution < -0.4 is 0 Å². The molecule has 20 heavy (non-hydrogen) atoms. The Kier molecular flexibility index (Phi) is 7.59. The molecule has 2 unspecified atom stereocenters. The first kappa shape index (κ1) is 17.0. The smallest absolute Gasteiger partial charge is 0.308 e. The molecule has 112 valence electrons. The molecule has 0 radical (unpaired) electrons. The van der Waals surface area contributed by atoms with Crippen LogP contribution in [0.3, 0.4) is 0 Å². The summed E-state index contributed by atoms with van der Waals surface area (Å²) in [6, 6.07) is 7.42. The van der Waals surface area contributed by atoms with Crippen LogP contribution in [-0.2, 0) is 16.0 Å². The molecule has 0 saturated heterocycles. The van der Waals surface area contributed by atoms with E-state index in [1.165, 1.54) is 0 Å². The molecule has 0 amide bonds. The third-order valence-electron chi connectivity index (χ3n) is 2.93. The van der Waals surface area contributed by atoms with Crippen LogP contribution in [0.5, 0.6) is 0 Å². The summed E-state index contributed by atoms with van der Waals surface area (Å²) in [7, 11) is 0. The molecule has 0 fully saturated rings. The Bertz CT molecular complexity index is 405.